The Balaban J connectivity index is 1.43. The summed E-state index contributed by atoms with van der Waals surface area (Å²) in [6.45, 7) is 0. The topological polar surface area (TPSA) is 55.1 Å². The molecule has 8 aromatic carbocycles. The van der Waals surface area contributed by atoms with Gasteiger partial charge in [0.05, 0.1) is 38.6 Å². The summed E-state index contributed by atoms with van der Waals surface area (Å²) >= 11 is 0. The SMILES string of the molecule is [2H]c1c([2H])c([2H])c(-c2c([2H])c([2H])c(N(c3c([2H])c([2H])c(-c4c([2H])c([2H])c([2H])c([2H])c4[2H])c([2H])c3[2H])c3c([2H])c(-c4nc(-c5ccccc5)nc(-c5ccccc5)n4)c4c(oc5c([2H])c([2H])c([2H])c([2H])c54)c3[2H])c([2H])c2[2H])c([2H])c1[2H]. The van der Waals surface area contributed by atoms with Crippen LogP contribution in [0.4, 0.5) is 17.1 Å². The van der Waals surface area contributed by atoms with Crippen LogP contribution >= 0.6 is 0 Å². The number of fused-ring (bicyclic) bond motifs is 3. The molecule has 5 nitrogen and oxygen atoms in total. The Bertz CT molecular complexity index is 4060. The largest absolute Gasteiger partial charge is 0.456 e. The fraction of sp³-hybridized carbons (Fsp3) is 0. The van der Waals surface area contributed by atoms with Gasteiger partial charge in [0.15, 0.2) is 17.5 Å². The number of anilines is 3. The van der Waals surface area contributed by atoms with Crippen LogP contribution in [-0.4, -0.2) is 15.0 Å². The molecule has 0 N–H and O–H groups in total. The normalized spacial score (nSPS) is 17.2. The first-order valence-electron chi connectivity index (χ1n) is 28.7. The summed E-state index contributed by atoms with van der Waals surface area (Å²) in [6, 6.07) is -6.34. The van der Waals surface area contributed by atoms with Gasteiger partial charge in [0, 0.05) is 44.9 Å². The highest BCUT2D eigenvalue weighted by molar-refractivity contribution is 6.13. The smallest absolute Gasteiger partial charge is 0.164 e. The number of para-hydroxylation sites is 1. The van der Waals surface area contributed by atoms with E-state index < -0.39 is 207 Å². The first-order chi connectivity index (χ1) is 37.8. The van der Waals surface area contributed by atoms with Crippen molar-refractivity contribution in [1.29, 1.82) is 0 Å². The third-order valence-electron chi connectivity index (χ3n) is 8.38. The molecule has 0 unspecified atom stereocenters. The maximum Gasteiger partial charge on any atom is 0.164 e. The Morgan fingerprint density at radius 3 is 1.39 bits per heavy atom. The molecule has 0 aliphatic rings. The van der Waals surface area contributed by atoms with Gasteiger partial charge in [-0.05, 0) is 58.5 Å². The van der Waals surface area contributed by atoms with E-state index in [2.05, 4.69) is 0 Å². The summed E-state index contributed by atoms with van der Waals surface area (Å²) in [6.07, 6.45) is 0. The average molecular weight is 743 g/mol. The van der Waals surface area contributed by atoms with Gasteiger partial charge in [-0.3, -0.25) is 0 Å². The summed E-state index contributed by atoms with van der Waals surface area (Å²) in [7, 11) is 0. The Labute approximate surface area is 358 Å². The van der Waals surface area contributed by atoms with Crippen LogP contribution in [0.3, 0.4) is 0 Å². The molecule has 56 heavy (non-hydrogen) atoms. The van der Waals surface area contributed by atoms with Crippen LogP contribution in [0.1, 0.15) is 32.9 Å². The molecule has 0 radical (unpaired) electrons. The number of hydrogen-bond donors (Lipinski definition) is 0. The van der Waals surface area contributed by atoms with Crippen molar-refractivity contribution in [2.75, 3.05) is 4.90 Å². The molecule has 0 fully saturated rings. The Hall–Kier alpha value is -7.63. The fourth-order valence-corrected chi connectivity index (χ4v) is 5.84. The molecule has 0 saturated heterocycles. The highest BCUT2D eigenvalue weighted by Gasteiger charge is 2.22. The zero-order valence-corrected chi connectivity index (χ0v) is 28.5. The first kappa shape index (κ1) is 16.4. The maximum atomic E-state index is 10.4. The number of aromatic nitrogens is 3. The molecule has 5 heteroatoms. The van der Waals surface area contributed by atoms with Crippen molar-refractivity contribution in [3.63, 3.8) is 0 Å². The van der Waals surface area contributed by atoms with Crippen LogP contribution in [0.2, 0.25) is 0 Å². The van der Waals surface area contributed by atoms with Crippen molar-refractivity contribution in [3.05, 3.63) is 206 Å². The number of benzene rings is 8. The molecule has 0 aliphatic heterocycles. The van der Waals surface area contributed by atoms with Gasteiger partial charge in [-0.2, -0.15) is 0 Å². The number of hydrogen-bond acceptors (Lipinski definition) is 5. The fourth-order valence-electron chi connectivity index (χ4n) is 5.84. The molecule has 0 saturated carbocycles. The molecule has 0 spiro atoms. The molecule has 10 rings (SSSR count). The lowest BCUT2D eigenvalue weighted by Gasteiger charge is -2.26. The molecule has 0 bridgehead atoms. The van der Waals surface area contributed by atoms with Crippen molar-refractivity contribution in [2.45, 2.75) is 0 Å². The zero-order valence-electron chi connectivity index (χ0n) is 52.5. The molecular weight excluding hydrogens is 685 g/mol. The second-order valence-electron chi connectivity index (χ2n) is 11.8. The van der Waals surface area contributed by atoms with Crippen LogP contribution in [0, 0.1) is 0 Å². The van der Waals surface area contributed by atoms with Gasteiger partial charge in [-0.15, -0.1) is 0 Å². The minimum atomic E-state index is -1.18. The number of furan rings is 1. The minimum Gasteiger partial charge on any atom is -0.456 e. The van der Waals surface area contributed by atoms with Crippen LogP contribution in [0.15, 0.2) is 210 Å². The molecule has 2 aromatic heterocycles. The summed E-state index contributed by atoms with van der Waals surface area (Å²) < 4.78 is 223. The van der Waals surface area contributed by atoms with Gasteiger partial charge in [-0.1, -0.05) is 163 Å². The summed E-state index contributed by atoms with van der Waals surface area (Å²) in [5, 5.41) is -0.759. The van der Waals surface area contributed by atoms with E-state index >= 15 is 0 Å². The second kappa shape index (κ2) is 14.3. The molecular formula is C51H34N4O. The van der Waals surface area contributed by atoms with Gasteiger partial charge in [0.2, 0.25) is 0 Å². The molecule has 0 atom stereocenters. The molecule has 0 aliphatic carbocycles. The summed E-state index contributed by atoms with van der Waals surface area (Å²) in [4.78, 5) is 14.8. The predicted octanol–water partition coefficient (Wildman–Crippen LogP) is 13.6. The Kier molecular flexibility index (Phi) is 4.19. The number of nitrogens with zero attached hydrogens (tertiary/aromatic N) is 4. The quantitative estimate of drug-likeness (QED) is 0.155. The van der Waals surface area contributed by atoms with E-state index in [9.17, 15) is 15.1 Å². The van der Waals surface area contributed by atoms with E-state index in [1.807, 2.05) is 0 Å². The van der Waals surface area contributed by atoms with E-state index in [0.717, 1.165) is 0 Å². The van der Waals surface area contributed by atoms with Gasteiger partial charge in [-0.25, -0.2) is 15.0 Å². The van der Waals surface area contributed by atoms with Crippen molar-refractivity contribution in [3.8, 4) is 56.4 Å². The molecule has 264 valence electrons. The van der Waals surface area contributed by atoms with Gasteiger partial charge in [0.25, 0.3) is 0 Å². The monoisotopic (exact) mass is 742 g/mol. The molecule has 2 heterocycles. The molecule has 0 amide bonds. The summed E-state index contributed by atoms with van der Waals surface area (Å²) in [5.74, 6) is -0.470. The van der Waals surface area contributed by atoms with E-state index in [-0.39, 0.29) is 22.4 Å². The predicted molar refractivity (Wildman–Crippen MR) is 229 cm³/mol. The Morgan fingerprint density at radius 2 is 0.857 bits per heavy atom. The van der Waals surface area contributed by atoms with Crippen molar-refractivity contribution < 1.29 is 37.3 Å². The third-order valence-corrected chi connectivity index (χ3v) is 8.38. The highest BCUT2D eigenvalue weighted by Crippen LogP contribution is 2.44. The standard InChI is InChI=1S/C51H34N4O/c1-5-15-35(16-6-1)37-25-29-41(30-26-37)55(42-31-27-38(28-32-42)36-17-7-2-8-18-36)43-33-45(48-44-23-13-14-24-46(44)56-47(48)34-43)51-53-49(39-19-9-3-10-20-39)52-50(54-51)40-21-11-4-12-22-40/h1-34H/i1D,2D,5D,6D,7D,8D,13D,14D,15D,16D,17D,18D,23D,24D,25D,26D,27D,28D,29D,30D,31D,32D,33D,34D. The number of rotatable bonds is 8. The maximum absolute atomic E-state index is 10.4. The van der Waals surface area contributed by atoms with Crippen molar-refractivity contribution in [2.24, 2.45) is 0 Å². The highest BCUT2D eigenvalue weighted by atomic mass is 16.3. The van der Waals surface area contributed by atoms with Crippen LogP contribution in [0.5, 0.6) is 0 Å². The minimum absolute atomic E-state index is 0.0179. The van der Waals surface area contributed by atoms with Crippen LogP contribution in [-0.2, 0) is 0 Å². The van der Waals surface area contributed by atoms with Gasteiger partial charge < -0.3 is 9.32 Å². The van der Waals surface area contributed by atoms with E-state index in [1.165, 1.54) is 0 Å². The summed E-state index contributed by atoms with van der Waals surface area (Å²) in [5.41, 5.74) is -7.19. The zero-order chi connectivity index (χ0) is 58.1. The van der Waals surface area contributed by atoms with E-state index in [4.69, 9.17) is 37.2 Å². The van der Waals surface area contributed by atoms with Gasteiger partial charge >= 0.3 is 0 Å². The first-order valence-corrected chi connectivity index (χ1v) is 16.7. The van der Waals surface area contributed by atoms with Crippen LogP contribution < -0.4 is 4.90 Å². The van der Waals surface area contributed by atoms with Crippen molar-refractivity contribution >= 4 is 39.0 Å². The lowest BCUT2D eigenvalue weighted by Crippen LogP contribution is -2.10. The van der Waals surface area contributed by atoms with Crippen LogP contribution in [0.25, 0.3) is 78.4 Å². The van der Waals surface area contributed by atoms with E-state index in [1.54, 1.807) is 60.7 Å². The lowest BCUT2D eigenvalue weighted by molar-refractivity contribution is 0.669. The third kappa shape index (κ3) is 6.27. The molecule has 10 aromatic rings. The van der Waals surface area contributed by atoms with E-state index in [0.29, 0.717) is 16.0 Å². The van der Waals surface area contributed by atoms with Crippen molar-refractivity contribution in [1.82, 2.24) is 15.0 Å². The van der Waals surface area contributed by atoms with Gasteiger partial charge in [0.1, 0.15) is 11.2 Å². The average Bonchev–Trinajstić information content (AvgIpc) is 3.94. The Morgan fingerprint density at radius 1 is 0.393 bits per heavy atom. The second-order valence-corrected chi connectivity index (χ2v) is 11.8. The lowest BCUT2D eigenvalue weighted by atomic mass is 10.0.